The van der Waals surface area contributed by atoms with E-state index in [-0.39, 0.29) is 11.8 Å². The number of carbonyl (C=O) groups is 1. The molecule has 4 heteroatoms. The molecule has 1 heterocycles. The minimum absolute atomic E-state index is 0.0240. The van der Waals surface area contributed by atoms with Crippen LogP contribution < -0.4 is 5.32 Å². The number of amides is 1. The molecule has 0 aliphatic carbocycles. The van der Waals surface area contributed by atoms with E-state index >= 15 is 0 Å². The van der Waals surface area contributed by atoms with Gasteiger partial charge in [0.05, 0.1) is 12.1 Å². The number of nitrogens with zero attached hydrogens (tertiary/aromatic N) is 1. The number of aryl methyl sites for hydroxylation is 1. The van der Waals surface area contributed by atoms with Gasteiger partial charge in [-0.2, -0.15) is 0 Å². The summed E-state index contributed by atoms with van der Waals surface area (Å²) < 4.78 is 0. The summed E-state index contributed by atoms with van der Waals surface area (Å²) in [5.74, 6) is 0.201. The number of carbonyl (C=O) groups excluding carboxylic acids is 1. The van der Waals surface area contributed by atoms with Crippen molar-refractivity contribution in [3.63, 3.8) is 0 Å². The van der Waals surface area contributed by atoms with Crippen LogP contribution in [-0.2, 0) is 11.2 Å². The van der Waals surface area contributed by atoms with Crippen molar-refractivity contribution in [1.29, 1.82) is 0 Å². The van der Waals surface area contributed by atoms with Crippen LogP contribution in [-0.4, -0.2) is 41.1 Å². The van der Waals surface area contributed by atoms with Gasteiger partial charge in [0, 0.05) is 18.8 Å². The first-order valence-electron chi connectivity index (χ1n) is 7.76. The van der Waals surface area contributed by atoms with E-state index in [1.54, 1.807) is 0 Å². The first-order valence-corrected chi connectivity index (χ1v) is 7.76. The molecule has 1 fully saturated rings. The standard InChI is InChI=1S/C17H26N2O2/c1-4-5-14-6-8-15(9-7-14)18-16(20)10-19-11-17(21,12-19)13(2)3/h6-9,13,21H,4-5,10-12H2,1-3H3,(H,18,20). The normalized spacial score (nSPS) is 17.6. The summed E-state index contributed by atoms with van der Waals surface area (Å²) in [6.07, 6.45) is 2.19. The van der Waals surface area contributed by atoms with Crippen molar-refractivity contribution < 1.29 is 9.90 Å². The van der Waals surface area contributed by atoms with Crippen LogP contribution in [0, 0.1) is 5.92 Å². The molecule has 0 atom stereocenters. The third-order valence-electron chi connectivity index (χ3n) is 4.21. The zero-order chi connectivity index (χ0) is 15.5. The molecule has 1 aromatic carbocycles. The molecule has 0 bridgehead atoms. The van der Waals surface area contributed by atoms with E-state index in [2.05, 4.69) is 24.4 Å². The molecule has 116 valence electrons. The Kier molecular flexibility index (Phi) is 5.01. The Hall–Kier alpha value is -1.39. The Morgan fingerprint density at radius 3 is 2.48 bits per heavy atom. The Bertz CT molecular complexity index is 476. The van der Waals surface area contributed by atoms with Gasteiger partial charge in [0.15, 0.2) is 0 Å². The lowest BCUT2D eigenvalue weighted by molar-refractivity contribution is -0.139. The number of likely N-dealkylation sites (tertiary alicyclic amines) is 1. The van der Waals surface area contributed by atoms with Gasteiger partial charge >= 0.3 is 0 Å². The second-order valence-electron chi connectivity index (χ2n) is 6.40. The zero-order valence-corrected chi connectivity index (χ0v) is 13.2. The molecule has 1 saturated heterocycles. The average molecular weight is 290 g/mol. The lowest BCUT2D eigenvalue weighted by Gasteiger charge is -2.48. The van der Waals surface area contributed by atoms with Crippen LogP contribution in [0.3, 0.4) is 0 Å². The van der Waals surface area contributed by atoms with Gasteiger partial charge < -0.3 is 10.4 Å². The minimum Gasteiger partial charge on any atom is -0.387 e. The summed E-state index contributed by atoms with van der Waals surface area (Å²) in [5, 5.41) is 13.1. The first-order chi connectivity index (χ1) is 9.93. The fourth-order valence-corrected chi connectivity index (χ4v) is 2.65. The molecule has 0 saturated carbocycles. The maximum Gasteiger partial charge on any atom is 0.238 e. The topological polar surface area (TPSA) is 52.6 Å². The predicted octanol–water partition coefficient (Wildman–Crippen LogP) is 2.28. The number of hydrogen-bond donors (Lipinski definition) is 2. The highest BCUT2D eigenvalue weighted by Gasteiger charge is 2.43. The molecule has 2 N–H and O–H groups in total. The number of aliphatic hydroxyl groups is 1. The number of hydrogen-bond acceptors (Lipinski definition) is 3. The largest absolute Gasteiger partial charge is 0.387 e. The van der Waals surface area contributed by atoms with E-state index < -0.39 is 5.60 Å². The van der Waals surface area contributed by atoms with Gasteiger partial charge in [-0.1, -0.05) is 39.3 Å². The minimum atomic E-state index is -0.623. The van der Waals surface area contributed by atoms with Crippen LogP contribution in [0.1, 0.15) is 32.8 Å². The highest BCUT2D eigenvalue weighted by atomic mass is 16.3. The molecule has 1 aliphatic heterocycles. The summed E-state index contributed by atoms with van der Waals surface area (Å²) in [5.41, 5.74) is 1.50. The third-order valence-corrected chi connectivity index (χ3v) is 4.21. The summed E-state index contributed by atoms with van der Waals surface area (Å²) >= 11 is 0. The molecule has 1 amide bonds. The van der Waals surface area contributed by atoms with Crippen molar-refractivity contribution in [3.05, 3.63) is 29.8 Å². The van der Waals surface area contributed by atoms with Crippen molar-refractivity contribution in [2.24, 2.45) is 5.92 Å². The summed E-state index contributed by atoms with van der Waals surface area (Å²) in [7, 11) is 0. The molecular weight excluding hydrogens is 264 g/mol. The summed E-state index contributed by atoms with van der Waals surface area (Å²) in [6.45, 7) is 7.67. The van der Waals surface area contributed by atoms with Gasteiger partial charge in [-0.15, -0.1) is 0 Å². The maximum absolute atomic E-state index is 12.0. The van der Waals surface area contributed by atoms with E-state index in [4.69, 9.17) is 0 Å². The smallest absolute Gasteiger partial charge is 0.238 e. The molecule has 0 radical (unpaired) electrons. The Morgan fingerprint density at radius 2 is 1.95 bits per heavy atom. The van der Waals surface area contributed by atoms with E-state index in [0.717, 1.165) is 18.5 Å². The van der Waals surface area contributed by atoms with E-state index in [1.807, 2.05) is 30.9 Å². The van der Waals surface area contributed by atoms with Crippen LogP contribution in [0.4, 0.5) is 5.69 Å². The maximum atomic E-state index is 12.0. The summed E-state index contributed by atoms with van der Waals surface area (Å²) in [6, 6.07) is 8.01. The van der Waals surface area contributed by atoms with Gasteiger partial charge in [-0.3, -0.25) is 9.69 Å². The molecule has 1 aliphatic rings. The van der Waals surface area contributed by atoms with Gasteiger partial charge in [-0.05, 0) is 30.0 Å². The molecule has 4 nitrogen and oxygen atoms in total. The molecule has 0 aromatic heterocycles. The Balaban J connectivity index is 1.78. The third kappa shape index (κ3) is 4.05. The predicted molar refractivity (Wildman–Crippen MR) is 85.3 cm³/mol. The van der Waals surface area contributed by atoms with Gasteiger partial charge in [-0.25, -0.2) is 0 Å². The molecule has 0 unspecified atom stereocenters. The van der Waals surface area contributed by atoms with Crippen LogP contribution in [0.15, 0.2) is 24.3 Å². The quantitative estimate of drug-likeness (QED) is 0.845. The number of β-amino-alcohol motifs (C(OH)–C–C–N with tert-alkyl or cyclic N) is 1. The molecule has 1 aromatic rings. The van der Waals surface area contributed by atoms with Crippen LogP contribution in [0.25, 0.3) is 0 Å². The number of benzene rings is 1. The number of anilines is 1. The zero-order valence-electron chi connectivity index (χ0n) is 13.2. The van der Waals surface area contributed by atoms with E-state index in [0.29, 0.717) is 19.6 Å². The second kappa shape index (κ2) is 6.58. The van der Waals surface area contributed by atoms with Crippen molar-refractivity contribution in [2.75, 3.05) is 25.0 Å². The highest BCUT2D eigenvalue weighted by Crippen LogP contribution is 2.28. The van der Waals surface area contributed by atoms with E-state index in [9.17, 15) is 9.90 Å². The van der Waals surface area contributed by atoms with Crippen LogP contribution in [0.5, 0.6) is 0 Å². The van der Waals surface area contributed by atoms with E-state index in [1.165, 1.54) is 5.56 Å². The van der Waals surface area contributed by atoms with Gasteiger partial charge in [0.25, 0.3) is 0 Å². The highest BCUT2D eigenvalue weighted by molar-refractivity contribution is 5.92. The van der Waals surface area contributed by atoms with Crippen LogP contribution in [0.2, 0.25) is 0 Å². The van der Waals surface area contributed by atoms with Crippen molar-refractivity contribution >= 4 is 11.6 Å². The van der Waals surface area contributed by atoms with Crippen LogP contribution >= 0.6 is 0 Å². The number of nitrogens with one attached hydrogen (secondary N) is 1. The lowest BCUT2D eigenvalue weighted by Crippen LogP contribution is -2.65. The number of rotatable bonds is 6. The summed E-state index contributed by atoms with van der Waals surface area (Å²) in [4.78, 5) is 13.9. The fourth-order valence-electron chi connectivity index (χ4n) is 2.65. The SMILES string of the molecule is CCCc1ccc(NC(=O)CN2CC(O)(C(C)C)C2)cc1. The first kappa shape index (κ1) is 16.0. The molecule has 21 heavy (non-hydrogen) atoms. The van der Waals surface area contributed by atoms with Crippen molar-refractivity contribution in [2.45, 2.75) is 39.2 Å². The lowest BCUT2D eigenvalue weighted by atomic mass is 9.83. The van der Waals surface area contributed by atoms with Crippen molar-refractivity contribution in [1.82, 2.24) is 4.90 Å². The average Bonchev–Trinajstić information content (AvgIpc) is 2.39. The second-order valence-corrected chi connectivity index (χ2v) is 6.40. The molecular formula is C17H26N2O2. The fraction of sp³-hybridized carbons (Fsp3) is 0.588. The Labute approximate surface area is 127 Å². The monoisotopic (exact) mass is 290 g/mol. The van der Waals surface area contributed by atoms with Crippen molar-refractivity contribution in [3.8, 4) is 0 Å². The van der Waals surface area contributed by atoms with Gasteiger partial charge in [0.2, 0.25) is 5.91 Å². The van der Waals surface area contributed by atoms with Gasteiger partial charge in [0.1, 0.15) is 0 Å². The molecule has 0 spiro atoms. The molecule has 2 rings (SSSR count). The Morgan fingerprint density at radius 1 is 1.33 bits per heavy atom.